The van der Waals surface area contributed by atoms with Gasteiger partial charge in [-0.15, -0.1) is 0 Å². The average molecular weight is 376 g/mol. The lowest BCUT2D eigenvalue weighted by Gasteiger charge is -2.11. The first-order valence-corrected chi connectivity index (χ1v) is 9.30. The molecule has 5 nitrogen and oxygen atoms in total. The summed E-state index contributed by atoms with van der Waals surface area (Å²) in [5.74, 6) is 0.506. The van der Waals surface area contributed by atoms with Crippen LogP contribution >= 0.6 is 0 Å². The van der Waals surface area contributed by atoms with E-state index in [1.807, 2.05) is 55.5 Å². The Kier molecular flexibility index (Phi) is 7.15. The van der Waals surface area contributed by atoms with E-state index in [4.69, 9.17) is 9.47 Å². The average Bonchev–Trinajstić information content (AvgIpc) is 2.76. The number of carbonyl (C=O) groups excluding carboxylic acids is 1. The van der Waals surface area contributed by atoms with Gasteiger partial charge in [0.15, 0.2) is 0 Å². The largest absolute Gasteiger partial charge is 0.489 e. The smallest absolute Gasteiger partial charge is 0.251 e. The topological polar surface area (TPSA) is 60.5 Å². The molecule has 0 aliphatic carbocycles. The molecule has 3 aromatic rings. The highest BCUT2D eigenvalue weighted by molar-refractivity contribution is 5.94. The van der Waals surface area contributed by atoms with Gasteiger partial charge in [0.25, 0.3) is 5.91 Å². The van der Waals surface area contributed by atoms with E-state index < -0.39 is 0 Å². The van der Waals surface area contributed by atoms with Gasteiger partial charge < -0.3 is 14.8 Å². The van der Waals surface area contributed by atoms with Gasteiger partial charge >= 0.3 is 0 Å². The molecule has 0 spiro atoms. The van der Waals surface area contributed by atoms with Gasteiger partial charge in [0, 0.05) is 36.7 Å². The van der Waals surface area contributed by atoms with Crippen LogP contribution in [0.1, 0.15) is 34.0 Å². The van der Waals surface area contributed by atoms with Crippen LogP contribution in [0.3, 0.4) is 0 Å². The van der Waals surface area contributed by atoms with Gasteiger partial charge in [0.05, 0.1) is 6.61 Å². The molecule has 1 aromatic heterocycles. The van der Waals surface area contributed by atoms with Gasteiger partial charge in [-0.2, -0.15) is 0 Å². The number of ether oxygens (including phenoxy) is 2. The molecule has 0 aliphatic heterocycles. The van der Waals surface area contributed by atoms with Crippen LogP contribution in [-0.2, 0) is 24.5 Å². The van der Waals surface area contributed by atoms with Crippen molar-refractivity contribution in [1.82, 2.24) is 10.3 Å². The van der Waals surface area contributed by atoms with E-state index in [1.165, 1.54) is 0 Å². The van der Waals surface area contributed by atoms with Gasteiger partial charge in [-0.25, -0.2) is 0 Å². The van der Waals surface area contributed by atoms with Crippen LogP contribution in [0, 0.1) is 0 Å². The second-order valence-electron chi connectivity index (χ2n) is 6.27. The van der Waals surface area contributed by atoms with Crippen molar-refractivity contribution in [2.45, 2.75) is 26.7 Å². The summed E-state index contributed by atoms with van der Waals surface area (Å²) in [5.41, 5.74) is 3.67. The summed E-state index contributed by atoms with van der Waals surface area (Å²) in [6.45, 7) is 4.02. The van der Waals surface area contributed by atoms with E-state index in [-0.39, 0.29) is 5.91 Å². The summed E-state index contributed by atoms with van der Waals surface area (Å²) in [7, 11) is 0. The minimum absolute atomic E-state index is 0.141. The SMILES string of the molecule is CCOCc1ccccc1CNC(=O)c1cccc(OCc2cccnc2)c1. The van der Waals surface area contributed by atoms with Crippen LogP contribution in [0.2, 0.25) is 0 Å². The number of nitrogens with one attached hydrogen (secondary N) is 1. The Balaban J connectivity index is 1.59. The van der Waals surface area contributed by atoms with Crippen LogP contribution in [0.15, 0.2) is 73.1 Å². The van der Waals surface area contributed by atoms with Gasteiger partial charge in [-0.1, -0.05) is 36.4 Å². The van der Waals surface area contributed by atoms with Crippen LogP contribution < -0.4 is 10.1 Å². The molecule has 5 heteroatoms. The number of amides is 1. The van der Waals surface area contributed by atoms with Gasteiger partial charge in [-0.3, -0.25) is 9.78 Å². The number of benzene rings is 2. The van der Waals surface area contributed by atoms with E-state index >= 15 is 0 Å². The quantitative estimate of drug-likeness (QED) is 0.610. The van der Waals surface area contributed by atoms with Crippen molar-refractivity contribution in [2.75, 3.05) is 6.61 Å². The summed E-state index contributed by atoms with van der Waals surface area (Å²) in [6.07, 6.45) is 3.48. The molecule has 0 aliphatic rings. The number of carbonyl (C=O) groups is 1. The first-order chi connectivity index (χ1) is 13.8. The van der Waals surface area contributed by atoms with Crippen LogP contribution in [0.4, 0.5) is 0 Å². The predicted molar refractivity (Wildman–Crippen MR) is 108 cm³/mol. The molecule has 28 heavy (non-hydrogen) atoms. The lowest BCUT2D eigenvalue weighted by molar-refractivity contribution is 0.0949. The molecular weight excluding hydrogens is 352 g/mol. The van der Waals surface area contributed by atoms with E-state index in [9.17, 15) is 4.79 Å². The van der Waals surface area contributed by atoms with Crippen molar-refractivity contribution in [1.29, 1.82) is 0 Å². The Bertz CT molecular complexity index is 897. The first kappa shape index (κ1) is 19.6. The second-order valence-corrected chi connectivity index (χ2v) is 6.27. The van der Waals surface area contributed by atoms with Crippen LogP contribution in [0.25, 0.3) is 0 Å². The molecule has 1 amide bonds. The zero-order valence-corrected chi connectivity index (χ0v) is 15.9. The molecule has 0 radical (unpaired) electrons. The normalized spacial score (nSPS) is 10.5. The highest BCUT2D eigenvalue weighted by Crippen LogP contribution is 2.16. The van der Waals surface area contributed by atoms with Crippen molar-refractivity contribution >= 4 is 5.91 Å². The molecule has 1 heterocycles. The summed E-state index contributed by atoms with van der Waals surface area (Å²) in [4.78, 5) is 16.6. The fourth-order valence-electron chi connectivity index (χ4n) is 2.74. The zero-order chi connectivity index (χ0) is 19.6. The van der Waals surface area contributed by atoms with E-state index in [1.54, 1.807) is 24.5 Å². The van der Waals surface area contributed by atoms with Crippen LogP contribution in [0.5, 0.6) is 5.75 Å². The monoisotopic (exact) mass is 376 g/mol. The van der Waals surface area contributed by atoms with Crippen molar-refractivity contribution in [3.63, 3.8) is 0 Å². The highest BCUT2D eigenvalue weighted by atomic mass is 16.5. The van der Waals surface area contributed by atoms with Crippen molar-refractivity contribution < 1.29 is 14.3 Å². The third-order valence-corrected chi connectivity index (χ3v) is 4.24. The fraction of sp³-hybridized carbons (Fsp3) is 0.217. The first-order valence-electron chi connectivity index (χ1n) is 9.30. The maximum atomic E-state index is 12.6. The van der Waals surface area contributed by atoms with Crippen molar-refractivity contribution in [2.24, 2.45) is 0 Å². The molecule has 0 saturated carbocycles. The molecule has 0 atom stereocenters. The fourth-order valence-corrected chi connectivity index (χ4v) is 2.74. The molecule has 1 N–H and O–H groups in total. The van der Waals surface area contributed by atoms with Crippen molar-refractivity contribution in [3.8, 4) is 5.75 Å². The third kappa shape index (κ3) is 5.66. The zero-order valence-electron chi connectivity index (χ0n) is 15.9. The summed E-state index contributed by atoms with van der Waals surface area (Å²) in [6, 6.07) is 18.9. The third-order valence-electron chi connectivity index (χ3n) is 4.24. The number of hydrogen-bond acceptors (Lipinski definition) is 4. The summed E-state index contributed by atoms with van der Waals surface area (Å²) < 4.78 is 11.3. The maximum Gasteiger partial charge on any atom is 0.251 e. The lowest BCUT2D eigenvalue weighted by Crippen LogP contribution is -2.23. The Hall–Kier alpha value is -3.18. The number of nitrogens with zero attached hydrogens (tertiary/aromatic N) is 1. The minimum atomic E-state index is -0.141. The van der Waals surface area contributed by atoms with E-state index in [2.05, 4.69) is 10.3 Å². The molecule has 144 valence electrons. The number of hydrogen-bond donors (Lipinski definition) is 1. The summed E-state index contributed by atoms with van der Waals surface area (Å²) >= 11 is 0. The number of aromatic nitrogens is 1. The molecule has 0 bridgehead atoms. The Morgan fingerprint density at radius 3 is 2.64 bits per heavy atom. The Labute approximate surface area is 165 Å². The molecule has 0 saturated heterocycles. The Morgan fingerprint density at radius 1 is 1.00 bits per heavy atom. The van der Waals surface area contributed by atoms with E-state index in [0.29, 0.717) is 37.7 Å². The van der Waals surface area contributed by atoms with Gasteiger partial charge in [-0.05, 0) is 42.3 Å². The van der Waals surface area contributed by atoms with Gasteiger partial charge in [0.2, 0.25) is 0 Å². The molecule has 0 fully saturated rings. The standard InChI is InChI=1S/C23H24N2O3/c1-2-27-17-21-9-4-3-8-20(21)15-25-23(26)19-10-5-11-22(13-19)28-16-18-7-6-12-24-14-18/h3-14H,2,15-17H2,1H3,(H,25,26). The number of pyridine rings is 1. The predicted octanol–water partition coefficient (Wildman–Crippen LogP) is 4.13. The lowest BCUT2D eigenvalue weighted by atomic mass is 10.1. The molecular formula is C23H24N2O3. The number of rotatable bonds is 9. The Morgan fingerprint density at radius 2 is 1.86 bits per heavy atom. The summed E-state index contributed by atoms with van der Waals surface area (Å²) in [5, 5.41) is 2.97. The molecule has 0 unspecified atom stereocenters. The second kappa shape index (κ2) is 10.2. The highest BCUT2D eigenvalue weighted by Gasteiger charge is 2.09. The molecule has 3 rings (SSSR count). The molecule has 2 aromatic carbocycles. The van der Waals surface area contributed by atoms with Crippen molar-refractivity contribution in [3.05, 3.63) is 95.3 Å². The maximum absolute atomic E-state index is 12.6. The van der Waals surface area contributed by atoms with E-state index in [0.717, 1.165) is 16.7 Å². The van der Waals surface area contributed by atoms with Crippen LogP contribution in [-0.4, -0.2) is 17.5 Å². The minimum Gasteiger partial charge on any atom is -0.489 e. The van der Waals surface area contributed by atoms with Gasteiger partial charge in [0.1, 0.15) is 12.4 Å².